The number of nitrogens with one attached hydrogen (secondary N) is 2. The normalized spacial score (nSPS) is 10.4. The van der Waals surface area contributed by atoms with Crippen molar-refractivity contribution < 1.29 is 13.9 Å². The Morgan fingerprint density at radius 2 is 2.04 bits per heavy atom. The molecule has 3 rings (SSSR count). The van der Waals surface area contributed by atoms with E-state index >= 15 is 0 Å². The van der Waals surface area contributed by atoms with Gasteiger partial charge in [-0.15, -0.1) is 0 Å². The van der Waals surface area contributed by atoms with Crippen molar-refractivity contribution in [3.05, 3.63) is 59.0 Å². The van der Waals surface area contributed by atoms with Crippen LogP contribution in [0, 0.1) is 17.1 Å². The van der Waals surface area contributed by atoms with Crippen molar-refractivity contribution in [1.82, 2.24) is 4.98 Å². The maximum absolute atomic E-state index is 13.3. The highest BCUT2D eigenvalue weighted by Crippen LogP contribution is 2.28. The number of ether oxygens (including phenoxy) is 1. The summed E-state index contributed by atoms with van der Waals surface area (Å²) in [7, 11) is 0. The fourth-order valence-electron chi connectivity index (χ4n) is 2.23. The molecule has 0 bridgehead atoms. The summed E-state index contributed by atoms with van der Waals surface area (Å²) in [6.07, 6.45) is 0. The molecule has 1 aromatic heterocycles. The van der Waals surface area contributed by atoms with Gasteiger partial charge in [0.2, 0.25) is 0 Å². The first kappa shape index (κ1) is 15.8. The molecular formula is C17H11ClFN3O2. The molecule has 5 nitrogen and oxygen atoms in total. The molecule has 0 radical (unpaired) electrons. The maximum Gasteiger partial charge on any atom is 0.273 e. The summed E-state index contributed by atoms with van der Waals surface area (Å²) < 4.78 is 18.4. The number of aromatic nitrogens is 1. The van der Waals surface area contributed by atoms with E-state index in [1.54, 1.807) is 24.3 Å². The van der Waals surface area contributed by atoms with Gasteiger partial charge in [-0.25, -0.2) is 4.39 Å². The molecule has 2 N–H and O–H groups in total. The number of nitriles is 1. The van der Waals surface area contributed by atoms with Crippen molar-refractivity contribution in [3.8, 4) is 11.8 Å². The first-order valence-electron chi connectivity index (χ1n) is 6.96. The molecule has 0 unspecified atom stereocenters. The smallest absolute Gasteiger partial charge is 0.273 e. The molecule has 0 saturated carbocycles. The molecule has 0 fully saturated rings. The number of anilines is 1. The number of amides is 1. The van der Waals surface area contributed by atoms with Gasteiger partial charge in [-0.05, 0) is 42.5 Å². The van der Waals surface area contributed by atoms with Gasteiger partial charge in [0.25, 0.3) is 5.91 Å². The number of H-pyrrole nitrogens is 1. The average Bonchev–Trinajstić information content (AvgIpc) is 2.91. The highest BCUT2D eigenvalue weighted by molar-refractivity contribution is 6.39. The standard InChI is InChI=1S/C17H11ClFN3O2/c18-15-13-9-10(19)1-6-14(13)22-16(15)17(23)21-11-2-4-12(5-3-11)24-8-7-20/h1-6,9,22H,8H2,(H,21,23). The quantitative estimate of drug-likeness (QED) is 0.748. The van der Waals surface area contributed by atoms with Crippen molar-refractivity contribution >= 4 is 34.1 Å². The van der Waals surface area contributed by atoms with Crippen LogP contribution in [-0.2, 0) is 0 Å². The number of hydrogen-bond donors (Lipinski definition) is 2. The molecule has 7 heteroatoms. The first-order chi connectivity index (χ1) is 11.6. The van der Waals surface area contributed by atoms with E-state index in [0.29, 0.717) is 22.3 Å². The lowest BCUT2D eigenvalue weighted by atomic mass is 10.2. The van der Waals surface area contributed by atoms with E-state index in [4.69, 9.17) is 21.6 Å². The van der Waals surface area contributed by atoms with Gasteiger partial charge in [0.15, 0.2) is 6.61 Å². The highest BCUT2D eigenvalue weighted by Gasteiger charge is 2.17. The van der Waals surface area contributed by atoms with E-state index < -0.39 is 11.7 Å². The van der Waals surface area contributed by atoms with Gasteiger partial charge >= 0.3 is 0 Å². The second-order valence-corrected chi connectivity index (χ2v) is 5.31. The van der Waals surface area contributed by atoms with E-state index in [1.807, 2.05) is 6.07 Å². The molecule has 3 aromatic rings. The van der Waals surface area contributed by atoms with Crippen molar-refractivity contribution in [1.29, 1.82) is 5.26 Å². The molecule has 1 heterocycles. The van der Waals surface area contributed by atoms with Gasteiger partial charge in [0.05, 0.1) is 5.02 Å². The fourth-order valence-corrected chi connectivity index (χ4v) is 2.52. The monoisotopic (exact) mass is 343 g/mol. The van der Waals surface area contributed by atoms with Crippen LogP contribution in [0.5, 0.6) is 5.75 Å². The molecule has 0 spiro atoms. The van der Waals surface area contributed by atoms with Crippen molar-refractivity contribution in [2.24, 2.45) is 0 Å². The molecule has 1 amide bonds. The molecule has 0 aliphatic carbocycles. The number of fused-ring (bicyclic) bond motifs is 1. The number of carbonyl (C=O) groups is 1. The summed E-state index contributed by atoms with van der Waals surface area (Å²) in [5.41, 5.74) is 1.26. The second-order valence-electron chi connectivity index (χ2n) is 4.93. The van der Waals surface area contributed by atoms with E-state index in [1.165, 1.54) is 18.2 Å². The number of benzene rings is 2. The number of aromatic amines is 1. The number of halogens is 2. The van der Waals surface area contributed by atoms with Gasteiger partial charge in [0.1, 0.15) is 23.3 Å². The largest absolute Gasteiger partial charge is 0.479 e. The Labute approximate surface area is 141 Å². The van der Waals surface area contributed by atoms with Gasteiger partial charge < -0.3 is 15.0 Å². The Balaban J connectivity index is 1.80. The molecule has 0 aliphatic rings. The summed E-state index contributed by atoms with van der Waals surface area (Å²) in [6.45, 7) is -0.0487. The van der Waals surface area contributed by atoms with Crippen molar-refractivity contribution in [3.63, 3.8) is 0 Å². The van der Waals surface area contributed by atoms with E-state index in [-0.39, 0.29) is 17.3 Å². The lowest BCUT2D eigenvalue weighted by Gasteiger charge is -2.06. The number of hydrogen-bond acceptors (Lipinski definition) is 3. The van der Waals surface area contributed by atoms with E-state index in [2.05, 4.69) is 10.3 Å². The number of nitrogens with zero attached hydrogens (tertiary/aromatic N) is 1. The Morgan fingerprint density at radius 3 is 2.75 bits per heavy atom. The Kier molecular flexibility index (Phi) is 4.36. The van der Waals surface area contributed by atoms with Crippen LogP contribution in [-0.4, -0.2) is 17.5 Å². The van der Waals surface area contributed by atoms with Gasteiger partial charge in [-0.1, -0.05) is 11.6 Å². The first-order valence-corrected chi connectivity index (χ1v) is 7.34. The van der Waals surface area contributed by atoms with Gasteiger partial charge in [-0.3, -0.25) is 4.79 Å². The Morgan fingerprint density at radius 1 is 1.29 bits per heavy atom. The van der Waals surface area contributed by atoms with Gasteiger partial charge in [0, 0.05) is 16.6 Å². The van der Waals surface area contributed by atoms with Crippen LogP contribution in [0.4, 0.5) is 10.1 Å². The van der Waals surface area contributed by atoms with Crippen LogP contribution in [0.1, 0.15) is 10.5 Å². The third-order valence-corrected chi connectivity index (χ3v) is 3.73. The van der Waals surface area contributed by atoms with E-state index in [9.17, 15) is 9.18 Å². The summed E-state index contributed by atoms with van der Waals surface area (Å²) in [4.78, 5) is 15.2. The summed E-state index contributed by atoms with van der Waals surface area (Å²) in [5.74, 6) is -0.348. The van der Waals surface area contributed by atoms with Crippen LogP contribution < -0.4 is 10.1 Å². The van der Waals surface area contributed by atoms with Gasteiger partial charge in [-0.2, -0.15) is 5.26 Å². The minimum absolute atomic E-state index is 0.0487. The third kappa shape index (κ3) is 3.16. The Bertz CT molecular complexity index is 945. The fraction of sp³-hybridized carbons (Fsp3) is 0.0588. The lowest BCUT2D eigenvalue weighted by Crippen LogP contribution is -2.12. The van der Waals surface area contributed by atoms with Crippen LogP contribution in [0.3, 0.4) is 0 Å². The topological polar surface area (TPSA) is 77.9 Å². The van der Waals surface area contributed by atoms with Crippen molar-refractivity contribution in [2.75, 3.05) is 11.9 Å². The minimum atomic E-state index is -0.442. The number of carbonyl (C=O) groups excluding carboxylic acids is 1. The molecule has 0 saturated heterocycles. The number of rotatable bonds is 4. The predicted molar refractivity (Wildman–Crippen MR) is 88.8 cm³/mol. The Hall–Kier alpha value is -3.04. The van der Waals surface area contributed by atoms with Crippen LogP contribution in [0.2, 0.25) is 5.02 Å². The molecule has 0 atom stereocenters. The zero-order valence-corrected chi connectivity index (χ0v) is 13.0. The zero-order chi connectivity index (χ0) is 17.1. The summed E-state index contributed by atoms with van der Waals surface area (Å²) in [5, 5.41) is 11.8. The van der Waals surface area contributed by atoms with Crippen LogP contribution >= 0.6 is 11.6 Å². The zero-order valence-electron chi connectivity index (χ0n) is 12.3. The third-order valence-electron chi connectivity index (χ3n) is 3.34. The molecular weight excluding hydrogens is 333 g/mol. The van der Waals surface area contributed by atoms with Crippen LogP contribution in [0.15, 0.2) is 42.5 Å². The second kappa shape index (κ2) is 6.60. The summed E-state index contributed by atoms with van der Waals surface area (Å²) in [6, 6.07) is 12.5. The maximum atomic E-state index is 13.3. The molecule has 0 aliphatic heterocycles. The average molecular weight is 344 g/mol. The summed E-state index contributed by atoms with van der Waals surface area (Å²) >= 11 is 6.16. The SMILES string of the molecule is N#CCOc1ccc(NC(=O)c2[nH]c3ccc(F)cc3c2Cl)cc1. The molecule has 24 heavy (non-hydrogen) atoms. The van der Waals surface area contributed by atoms with E-state index in [0.717, 1.165) is 0 Å². The molecule has 2 aromatic carbocycles. The minimum Gasteiger partial charge on any atom is -0.479 e. The van der Waals surface area contributed by atoms with Crippen LogP contribution in [0.25, 0.3) is 10.9 Å². The molecule has 120 valence electrons. The lowest BCUT2D eigenvalue weighted by molar-refractivity contribution is 0.102. The van der Waals surface area contributed by atoms with Crippen molar-refractivity contribution in [2.45, 2.75) is 0 Å². The highest BCUT2D eigenvalue weighted by atomic mass is 35.5. The predicted octanol–water partition coefficient (Wildman–Crippen LogP) is 4.12.